The molecule has 0 bridgehead atoms. The number of carbonyl (C=O) groups is 1. The van der Waals surface area contributed by atoms with Gasteiger partial charge in [0.05, 0.1) is 13.2 Å². The van der Waals surface area contributed by atoms with Gasteiger partial charge in [-0.2, -0.15) is 0 Å². The van der Waals surface area contributed by atoms with Crippen LogP contribution in [0.3, 0.4) is 0 Å². The molecule has 1 amide bonds. The molecular formula is C17H28N2O3. The molecule has 1 atom stereocenters. The van der Waals surface area contributed by atoms with Gasteiger partial charge in [-0.05, 0) is 30.7 Å². The first-order chi connectivity index (χ1) is 10.7. The van der Waals surface area contributed by atoms with Gasteiger partial charge in [0.15, 0.2) is 0 Å². The molecule has 4 N–H and O–H groups in total. The van der Waals surface area contributed by atoms with Gasteiger partial charge in [-0.3, -0.25) is 4.79 Å². The number of unbranched alkanes of at least 4 members (excludes halogenated alkanes) is 5. The van der Waals surface area contributed by atoms with Crippen molar-refractivity contribution in [1.29, 1.82) is 0 Å². The zero-order chi connectivity index (χ0) is 16.2. The van der Waals surface area contributed by atoms with Gasteiger partial charge in [0.1, 0.15) is 11.8 Å². The highest BCUT2D eigenvalue weighted by Gasteiger charge is 2.11. The van der Waals surface area contributed by atoms with Crippen LogP contribution in [-0.2, 0) is 4.79 Å². The fourth-order valence-electron chi connectivity index (χ4n) is 2.02. The van der Waals surface area contributed by atoms with Crippen molar-refractivity contribution in [3.8, 4) is 5.75 Å². The van der Waals surface area contributed by atoms with Crippen molar-refractivity contribution in [1.82, 2.24) is 0 Å². The molecule has 0 aromatic heterocycles. The number of nitrogens with two attached hydrogens (primary N) is 1. The summed E-state index contributed by atoms with van der Waals surface area (Å²) in [6, 6.07) is 6.26. The average molecular weight is 308 g/mol. The molecule has 0 spiro atoms. The quantitative estimate of drug-likeness (QED) is 0.549. The van der Waals surface area contributed by atoms with E-state index in [9.17, 15) is 4.79 Å². The lowest BCUT2D eigenvalue weighted by atomic mass is 10.1. The first-order valence-electron chi connectivity index (χ1n) is 8.07. The first-order valence-corrected chi connectivity index (χ1v) is 8.07. The third kappa shape index (κ3) is 7.43. The number of ether oxygens (including phenoxy) is 1. The minimum Gasteiger partial charge on any atom is -0.494 e. The lowest BCUT2D eigenvalue weighted by Gasteiger charge is -2.10. The zero-order valence-corrected chi connectivity index (χ0v) is 13.4. The Labute approximate surface area is 132 Å². The van der Waals surface area contributed by atoms with Gasteiger partial charge < -0.3 is 20.9 Å². The van der Waals surface area contributed by atoms with Crippen LogP contribution in [0.15, 0.2) is 24.3 Å². The van der Waals surface area contributed by atoms with Crippen molar-refractivity contribution in [2.75, 3.05) is 18.5 Å². The van der Waals surface area contributed by atoms with Gasteiger partial charge in [-0.25, -0.2) is 0 Å². The Morgan fingerprint density at radius 2 is 1.82 bits per heavy atom. The first kappa shape index (κ1) is 18.5. The molecular weight excluding hydrogens is 280 g/mol. The Morgan fingerprint density at radius 3 is 2.45 bits per heavy atom. The van der Waals surface area contributed by atoms with Crippen LogP contribution in [-0.4, -0.2) is 30.3 Å². The normalized spacial score (nSPS) is 12.0. The smallest absolute Gasteiger partial charge is 0.243 e. The molecule has 0 radical (unpaired) electrons. The molecule has 0 fully saturated rings. The molecule has 5 heteroatoms. The Hall–Kier alpha value is -1.59. The number of amides is 1. The number of anilines is 1. The number of nitrogens with one attached hydrogen (secondary N) is 1. The molecule has 0 aliphatic rings. The molecule has 0 unspecified atom stereocenters. The zero-order valence-electron chi connectivity index (χ0n) is 13.4. The number of aliphatic hydroxyl groups is 1. The fraction of sp³-hybridized carbons (Fsp3) is 0.588. The maximum atomic E-state index is 11.5. The molecule has 1 aromatic rings. The third-order valence-corrected chi connectivity index (χ3v) is 3.42. The molecule has 22 heavy (non-hydrogen) atoms. The van der Waals surface area contributed by atoms with Crippen LogP contribution in [0.25, 0.3) is 0 Å². The second-order valence-corrected chi connectivity index (χ2v) is 5.42. The van der Waals surface area contributed by atoms with Gasteiger partial charge in [0.2, 0.25) is 5.91 Å². The van der Waals surface area contributed by atoms with Crippen LogP contribution in [0.2, 0.25) is 0 Å². The van der Waals surface area contributed by atoms with Crippen LogP contribution in [0.4, 0.5) is 5.69 Å². The van der Waals surface area contributed by atoms with E-state index in [-0.39, 0.29) is 6.61 Å². The van der Waals surface area contributed by atoms with Crippen molar-refractivity contribution in [2.45, 2.75) is 51.5 Å². The van der Waals surface area contributed by atoms with E-state index >= 15 is 0 Å². The SMILES string of the molecule is CCCCCCCCOc1ccc(NC(=O)[C@@H](N)CO)cc1. The molecule has 1 aromatic carbocycles. The number of carbonyl (C=O) groups excluding carboxylic acids is 1. The summed E-state index contributed by atoms with van der Waals surface area (Å²) in [4.78, 5) is 11.5. The highest BCUT2D eigenvalue weighted by atomic mass is 16.5. The third-order valence-electron chi connectivity index (χ3n) is 3.42. The van der Waals surface area contributed by atoms with Gasteiger partial charge in [0, 0.05) is 5.69 Å². The minimum absolute atomic E-state index is 0.370. The Kier molecular flexibility index (Phi) is 9.26. The maximum absolute atomic E-state index is 11.5. The predicted molar refractivity (Wildman–Crippen MR) is 89.0 cm³/mol. The van der Waals surface area contributed by atoms with E-state index in [1.807, 2.05) is 12.1 Å². The lowest BCUT2D eigenvalue weighted by Crippen LogP contribution is -2.38. The Bertz CT molecular complexity index is 420. The molecule has 0 aliphatic carbocycles. The molecule has 0 aliphatic heterocycles. The molecule has 124 valence electrons. The van der Waals surface area contributed by atoms with Crippen LogP contribution in [0, 0.1) is 0 Å². The fourth-order valence-corrected chi connectivity index (χ4v) is 2.02. The minimum atomic E-state index is -0.899. The summed E-state index contributed by atoms with van der Waals surface area (Å²) in [6.07, 6.45) is 7.42. The van der Waals surface area contributed by atoms with E-state index in [0.29, 0.717) is 12.3 Å². The predicted octanol–water partition coefficient (Wildman–Crippen LogP) is 2.68. The van der Waals surface area contributed by atoms with Gasteiger partial charge in [-0.15, -0.1) is 0 Å². The van der Waals surface area contributed by atoms with Gasteiger partial charge in [0.25, 0.3) is 0 Å². The van der Waals surface area contributed by atoms with E-state index in [4.69, 9.17) is 15.6 Å². The van der Waals surface area contributed by atoms with Crippen molar-refractivity contribution in [2.24, 2.45) is 5.73 Å². The second kappa shape index (κ2) is 11.0. The summed E-state index contributed by atoms with van der Waals surface area (Å²) in [6.45, 7) is 2.56. The highest BCUT2D eigenvalue weighted by molar-refractivity contribution is 5.94. The summed E-state index contributed by atoms with van der Waals surface area (Å²) < 4.78 is 5.66. The Morgan fingerprint density at radius 1 is 1.18 bits per heavy atom. The highest BCUT2D eigenvalue weighted by Crippen LogP contribution is 2.16. The summed E-state index contributed by atoms with van der Waals surface area (Å²) in [5, 5.41) is 11.4. The van der Waals surface area contributed by atoms with Crippen molar-refractivity contribution in [3.05, 3.63) is 24.3 Å². The maximum Gasteiger partial charge on any atom is 0.243 e. The molecule has 1 rings (SSSR count). The van der Waals surface area contributed by atoms with Crippen molar-refractivity contribution < 1.29 is 14.6 Å². The number of rotatable bonds is 11. The van der Waals surface area contributed by atoms with E-state index in [2.05, 4.69) is 12.2 Å². The van der Waals surface area contributed by atoms with Crippen molar-refractivity contribution >= 4 is 11.6 Å². The molecule has 0 saturated carbocycles. The second-order valence-electron chi connectivity index (χ2n) is 5.42. The summed E-state index contributed by atoms with van der Waals surface area (Å²) in [5.74, 6) is 0.390. The van der Waals surface area contributed by atoms with Crippen LogP contribution in [0.1, 0.15) is 45.4 Å². The number of hydrogen-bond donors (Lipinski definition) is 3. The Balaban J connectivity index is 2.23. The monoisotopic (exact) mass is 308 g/mol. The number of benzene rings is 1. The van der Waals surface area contributed by atoms with Crippen LogP contribution >= 0.6 is 0 Å². The molecule has 5 nitrogen and oxygen atoms in total. The van der Waals surface area contributed by atoms with E-state index in [1.165, 1.54) is 32.1 Å². The van der Waals surface area contributed by atoms with Gasteiger partial charge in [-0.1, -0.05) is 39.0 Å². The van der Waals surface area contributed by atoms with E-state index in [1.54, 1.807) is 12.1 Å². The lowest BCUT2D eigenvalue weighted by molar-refractivity contribution is -0.118. The van der Waals surface area contributed by atoms with Crippen LogP contribution in [0.5, 0.6) is 5.75 Å². The molecule has 0 saturated heterocycles. The van der Waals surface area contributed by atoms with E-state index < -0.39 is 11.9 Å². The van der Waals surface area contributed by atoms with Crippen molar-refractivity contribution in [3.63, 3.8) is 0 Å². The van der Waals surface area contributed by atoms with Crippen LogP contribution < -0.4 is 15.8 Å². The summed E-state index contributed by atoms with van der Waals surface area (Å²) >= 11 is 0. The number of hydrogen-bond acceptors (Lipinski definition) is 4. The summed E-state index contributed by atoms with van der Waals surface area (Å²) in [5.41, 5.74) is 6.07. The molecule has 0 heterocycles. The average Bonchev–Trinajstić information content (AvgIpc) is 2.54. The topological polar surface area (TPSA) is 84.6 Å². The van der Waals surface area contributed by atoms with Gasteiger partial charge >= 0.3 is 0 Å². The standard InChI is InChI=1S/C17H28N2O3/c1-2-3-4-5-6-7-12-22-15-10-8-14(9-11-15)19-17(21)16(18)13-20/h8-11,16,20H,2-7,12-13,18H2,1H3,(H,19,21)/t16-/m0/s1. The largest absolute Gasteiger partial charge is 0.494 e. The summed E-state index contributed by atoms with van der Waals surface area (Å²) in [7, 11) is 0. The van der Waals surface area contributed by atoms with E-state index in [0.717, 1.165) is 12.2 Å². The number of aliphatic hydroxyl groups excluding tert-OH is 1.